The van der Waals surface area contributed by atoms with Gasteiger partial charge >= 0.3 is 6.01 Å². The molecule has 0 bridgehead atoms. The molecule has 2 aromatic rings. The summed E-state index contributed by atoms with van der Waals surface area (Å²) in [7, 11) is 0. The molecular weight excluding hydrogens is 266 g/mol. The predicted octanol–water partition coefficient (Wildman–Crippen LogP) is 2.59. The topological polar surface area (TPSA) is 65.7 Å². The molecule has 0 fully saturated rings. The Bertz CT molecular complexity index is 555. The normalized spacial score (nSPS) is 11.0. The van der Waals surface area contributed by atoms with E-state index >= 15 is 0 Å². The monoisotopic (exact) mass is 281 g/mol. The summed E-state index contributed by atoms with van der Waals surface area (Å²) >= 11 is 5.91. The standard InChI is InChI=1S/C12H16ClN5O/c1-4-7-18-9(5-6-14-18)10-15-11(13)17-12(16-10)19-8(2)3/h5-6,8H,4,7H2,1-3H3. The molecule has 0 radical (unpaired) electrons. The van der Waals surface area contributed by atoms with E-state index in [1.807, 2.05) is 24.6 Å². The molecule has 2 aromatic heterocycles. The van der Waals surface area contributed by atoms with E-state index in [0.29, 0.717) is 5.82 Å². The molecule has 0 amide bonds. The quantitative estimate of drug-likeness (QED) is 0.843. The van der Waals surface area contributed by atoms with Gasteiger partial charge in [-0.2, -0.15) is 20.1 Å². The van der Waals surface area contributed by atoms with E-state index in [9.17, 15) is 0 Å². The summed E-state index contributed by atoms with van der Waals surface area (Å²) in [5.74, 6) is 0.474. The van der Waals surface area contributed by atoms with Gasteiger partial charge in [-0.1, -0.05) is 6.92 Å². The maximum absolute atomic E-state index is 5.91. The Labute approximate surface area is 116 Å². The number of nitrogens with zero attached hydrogens (tertiary/aromatic N) is 5. The van der Waals surface area contributed by atoms with Crippen LogP contribution in [0.3, 0.4) is 0 Å². The van der Waals surface area contributed by atoms with Crippen molar-refractivity contribution >= 4 is 11.6 Å². The van der Waals surface area contributed by atoms with Crippen molar-refractivity contribution in [1.29, 1.82) is 0 Å². The maximum Gasteiger partial charge on any atom is 0.321 e. The van der Waals surface area contributed by atoms with E-state index in [-0.39, 0.29) is 17.4 Å². The second-order valence-corrected chi connectivity index (χ2v) is 4.65. The minimum absolute atomic E-state index is 0.0214. The highest BCUT2D eigenvalue weighted by Gasteiger charge is 2.13. The van der Waals surface area contributed by atoms with Crippen molar-refractivity contribution in [3.8, 4) is 17.5 Å². The smallest absolute Gasteiger partial charge is 0.321 e. The molecule has 6 nitrogen and oxygen atoms in total. The number of rotatable bonds is 5. The molecule has 19 heavy (non-hydrogen) atoms. The van der Waals surface area contributed by atoms with E-state index in [4.69, 9.17) is 16.3 Å². The molecule has 0 aromatic carbocycles. The Morgan fingerprint density at radius 2 is 2.11 bits per heavy atom. The van der Waals surface area contributed by atoms with Crippen LogP contribution in [0.1, 0.15) is 27.2 Å². The van der Waals surface area contributed by atoms with Crippen molar-refractivity contribution < 1.29 is 4.74 Å². The van der Waals surface area contributed by atoms with Gasteiger partial charge in [0.15, 0.2) is 5.82 Å². The highest BCUT2D eigenvalue weighted by Crippen LogP contribution is 2.19. The summed E-state index contributed by atoms with van der Waals surface area (Å²) in [5, 5.41) is 4.35. The average Bonchev–Trinajstić information content (AvgIpc) is 2.76. The number of hydrogen-bond acceptors (Lipinski definition) is 5. The van der Waals surface area contributed by atoms with Gasteiger partial charge in [-0.05, 0) is 37.9 Å². The predicted molar refractivity (Wildman–Crippen MR) is 72.1 cm³/mol. The minimum atomic E-state index is -0.0214. The largest absolute Gasteiger partial charge is 0.461 e. The van der Waals surface area contributed by atoms with E-state index in [0.717, 1.165) is 18.7 Å². The molecule has 0 atom stereocenters. The van der Waals surface area contributed by atoms with Gasteiger partial charge in [-0.25, -0.2) is 0 Å². The Kier molecular flexibility index (Phi) is 4.31. The fourth-order valence-corrected chi connectivity index (χ4v) is 1.77. The number of aryl methyl sites for hydroxylation is 1. The Morgan fingerprint density at radius 3 is 2.79 bits per heavy atom. The van der Waals surface area contributed by atoms with Gasteiger partial charge in [0.1, 0.15) is 5.69 Å². The zero-order valence-electron chi connectivity index (χ0n) is 11.2. The summed E-state index contributed by atoms with van der Waals surface area (Å²) in [6, 6.07) is 2.08. The van der Waals surface area contributed by atoms with Gasteiger partial charge in [-0.15, -0.1) is 0 Å². The SMILES string of the molecule is CCCn1nccc1-c1nc(Cl)nc(OC(C)C)n1. The third-order valence-electron chi connectivity index (χ3n) is 2.31. The Hall–Kier alpha value is -1.69. The van der Waals surface area contributed by atoms with Crippen LogP contribution in [0, 0.1) is 0 Å². The van der Waals surface area contributed by atoms with Crippen molar-refractivity contribution in [2.24, 2.45) is 0 Å². The fourth-order valence-electron chi connectivity index (χ4n) is 1.62. The van der Waals surface area contributed by atoms with Crippen molar-refractivity contribution in [3.63, 3.8) is 0 Å². The molecule has 0 unspecified atom stereocenters. The van der Waals surface area contributed by atoms with E-state index in [2.05, 4.69) is 27.0 Å². The Morgan fingerprint density at radius 1 is 1.32 bits per heavy atom. The van der Waals surface area contributed by atoms with Gasteiger partial charge in [-0.3, -0.25) is 4.68 Å². The first-order valence-electron chi connectivity index (χ1n) is 6.20. The van der Waals surface area contributed by atoms with Crippen molar-refractivity contribution in [1.82, 2.24) is 24.7 Å². The lowest BCUT2D eigenvalue weighted by Crippen LogP contribution is -2.10. The molecule has 7 heteroatoms. The molecule has 2 heterocycles. The van der Waals surface area contributed by atoms with Crippen LogP contribution in [0.5, 0.6) is 6.01 Å². The third-order valence-corrected chi connectivity index (χ3v) is 2.48. The van der Waals surface area contributed by atoms with Gasteiger partial charge in [0.25, 0.3) is 0 Å². The van der Waals surface area contributed by atoms with Crippen LogP contribution in [-0.4, -0.2) is 30.8 Å². The van der Waals surface area contributed by atoms with Crippen molar-refractivity contribution in [2.45, 2.75) is 39.8 Å². The van der Waals surface area contributed by atoms with Crippen LogP contribution in [0.4, 0.5) is 0 Å². The number of halogens is 1. The summed E-state index contributed by atoms with van der Waals surface area (Å²) in [4.78, 5) is 12.3. The molecule has 0 aliphatic rings. The zero-order valence-corrected chi connectivity index (χ0v) is 11.9. The Balaban J connectivity index is 2.38. The summed E-state index contributed by atoms with van der Waals surface area (Å²) in [5.41, 5.74) is 0.805. The highest BCUT2D eigenvalue weighted by molar-refractivity contribution is 6.28. The second kappa shape index (κ2) is 5.97. The van der Waals surface area contributed by atoms with Gasteiger partial charge in [0.2, 0.25) is 5.28 Å². The summed E-state index contributed by atoms with van der Waals surface area (Å²) < 4.78 is 7.30. The zero-order chi connectivity index (χ0) is 13.8. The molecule has 0 N–H and O–H groups in total. The van der Waals surface area contributed by atoms with Gasteiger partial charge in [0, 0.05) is 12.7 Å². The van der Waals surface area contributed by atoms with Crippen LogP contribution in [-0.2, 0) is 6.54 Å². The highest BCUT2D eigenvalue weighted by atomic mass is 35.5. The first-order chi connectivity index (χ1) is 9.10. The molecular formula is C12H16ClN5O. The first kappa shape index (κ1) is 13.7. The lowest BCUT2D eigenvalue weighted by atomic mass is 10.4. The molecule has 0 spiro atoms. The average molecular weight is 282 g/mol. The number of hydrogen-bond donors (Lipinski definition) is 0. The first-order valence-corrected chi connectivity index (χ1v) is 6.58. The second-order valence-electron chi connectivity index (χ2n) is 4.32. The van der Waals surface area contributed by atoms with Gasteiger partial charge < -0.3 is 4.74 Å². The van der Waals surface area contributed by atoms with Gasteiger partial charge in [0.05, 0.1) is 6.10 Å². The van der Waals surface area contributed by atoms with Crippen LogP contribution in [0.2, 0.25) is 5.28 Å². The molecule has 102 valence electrons. The maximum atomic E-state index is 5.91. The van der Waals surface area contributed by atoms with Crippen LogP contribution < -0.4 is 4.74 Å². The molecule has 0 saturated carbocycles. The third kappa shape index (κ3) is 3.41. The molecule has 2 rings (SSSR count). The molecule has 0 aliphatic carbocycles. The summed E-state index contributed by atoms with van der Waals surface area (Å²) in [6.07, 6.45) is 2.67. The van der Waals surface area contributed by atoms with E-state index < -0.39 is 0 Å². The van der Waals surface area contributed by atoms with E-state index in [1.54, 1.807) is 6.20 Å². The van der Waals surface area contributed by atoms with Crippen molar-refractivity contribution in [2.75, 3.05) is 0 Å². The minimum Gasteiger partial charge on any atom is -0.461 e. The lowest BCUT2D eigenvalue weighted by Gasteiger charge is -2.09. The lowest BCUT2D eigenvalue weighted by molar-refractivity contribution is 0.221. The summed E-state index contributed by atoms with van der Waals surface area (Å²) in [6.45, 7) is 6.68. The van der Waals surface area contributed by atoms with Crippen LogP contribution >= 0.6 is 11.6 Å². The molecule has 0 saturated heterocycles. The molecule has 0 aliphatic heterocycles. The fraction of sp³-hybridized carbons (Fsp3) is 0.500. The van der Waals surface area contributed by atoms with Crippen LogP contribution in [0.15, 0.2) is 12.3 Å². The van der Waals surface area contributed by atoms with Crippen molar-refractivity contribution in [3.05, 3.63) is 17.5 Å². The van der Waals surface area contributed by atoms with E-state index in [1.165, 1.54) is 0 Å². The van der Waals surface area contributed by atoms with Crippen LogP contribution in [0.25, 0.3) is 11.5 Å². The number of ether oxygens (including phenoxy) is 1. The number of aromatic nitrogens is 5.